The van der Waals surface area contributed by atoms with Gasteiger partial charge in [0.25, 0.3) is 5.91 Å². The van der Waals surface area contributed by atoms with Gasteiger partial charge in [-0.05, 0) is 51.3 Å². The number of hydrogen-bond acceptors (Lipinski definition) is 2. The molecule has 0 spiro atoms. The monoisotopic (exact) mass is 234 g/mol. The zero-order chi connectivity index (χ0) is 13.0. The van der Waals surface area contributed by atoms with Crippen LogP contribution < -0.4 is 11.1 Å². The number of nitrogens with one attached hydrogen (secondary N) is 1. The number of rotatable bonds is 4. The van der Waals surface area contributed by atoms with E-state index in [1.165, 1.54) is 0 Å². The molecule has 17 heavy (non-hydrogen) atoms. The second-order valence-corrected chi connectivity index (χ2v) is 4.83. The third-order valence-corrected chi connectivity index (χ3v) is 2.95. The van der Waals surface area contributed by atoms with Crippen molar-refractivity contribution in [1.82, 2.24) is 5.32 Å². The maximum absolute atomic E-state index is 12.1. The second kappa shape index (κ2) is 5.82. The van der Waals surface area contributed by atoms with Crippen LogP contribution in [0, 0.1) is 13.8 Å². The molecule has 0 aliphatic carbocycles. The average molecular weight is 234 g/mol. The Labute approximate surface area is 103 Å². The van der Waals surface area contributed by atoms with Gasteiger partial charge in [-0.2, -0.15) is 0 Å². The first-order chi connectivity index (χ1) is 7.91. The summed E-state index contributed by atoms with van der Waals surface area (Å²) in [4.78, 5) is 12.1. The molecule has 0 heterocycles. The standard InChI is InChI=1S/C14H22N2O/c1-9-6-5-7-13(12(9)4)14(17)16-11(3)8-10(2)15/h5-7,10-11H,8,15H2,1-4H3,(H,16,17). The molecule has 0 aliphatic heterocycles. The topological polar surface area (TPSA) is 55.1 Å². The molecule has 3 N–H and O–H groups in total. The van der Waals surface area contributed by atoms with E-state index in [0.29, 0.717) is 0 Å². The van der Waals surface area contributed by atoms with Crippen molar-refractivity contribution < 1.29 is 4.79 Å². The highest BCUT2D eigenvalue weighted by Crippen LogP contribution is 2.12. The Morgan fingerprint density at radius 1 is 1.35 bits per heavy atom. The highest BCUT2D eigenvalue weighted by atomic mass is 16.1. The molecule has 0 radical (unpaired) electrons. The number of benzene rings is 1. The predicted octanol–water partition coefficient (Wildman–Crippen LogP) is 2.16. The summed E-state index contributed by atoms with van der Waals surface area (Å²) in [6.07, 6.45) is 0.788. The van der Waals surface area contributed by atoms with Crippen LogP contribution in [0.5, 0.6) is 0 Å². The highest BCUT2D eigenvalue weighted by molar-refractivity contribution is 5.96. The van der Waals surface area contributed by atoms with Gasteiger partial charge in [-0.25, -0.2) is 0 Å². The Kier molecular flexibility index (Phi) is 4.70. The van der Waals surface area contributed by atoms with Crippen molar-refractivity contribution >= 4 is 5.91 Å². The molecule has 1 amide bonds. The third-order valence-electron chi connectivity index (χ3n) is 2.95. The number of nitrogens with two attached hydrogens (primary N) is 1. The zero-order valence-electron chi connectivity index (χ0n) is 11.1. The number of amides is 1. The molecule has 94 valence electrons. The summed E-state index contributed by atoms with van der Waals surface area (Å²) in [5.74, 6) is -0.0145. The molecular weight excluding hydrogens is 212 g/mol. The molecule has 1 aromatic carbocycles. The molecule has 1 rings (SSSR count). The Balaban J connectivity index is 2.73. The van der Waals surface area contributed by atoms with Crippen LogP contribution in [0.1, 0.15) is 41.8 Å². The summed E-state index contributed by atoms with van der Waals surface area (Å²) in [5.41, 5.74) is 8.64. The van der Waals surface area contributed by atoms with Crippen molar-refractivity contribution in [1.29, 1.82) is 0 Å². The van der Waals surface area contributed by atoms with Crippen LogP contribution in [0.2, 0.25) is 0 Å². The number of aryl methyl sites for hydroxylation is 1. The Morgan fingerprint density at radius 3 is 2.59 bits per heavy atom. The van der Waals surface area contributed by atoms with Crippen LogP contribution in [0.4, 0.5) is 0 Å². The Morgan fingerprint density at radius 2 is 2.00 bits per heavy atom. The fourth-order valence-corrected chi connectivity index (χ4v) is 1.92. The van der Waals surface area contributed by atoms with Gasteiger partial charge in [-0.1, -0.05) is 12.1 Å². The largest absolute Gasteiger partial charge is 0.350 e. The number of carbonyl (C=O) groups is 1. The first-order valence-electron chi connectivity index (χ1n) is 6.04. The quantitative estimate of drug-likeness (QED) is 0.838. The fraction of sp³-hybridized carbons (Fsp3) is 0.500. The van der Waals surface area contributed by atoms with E-state index in [2.05, 4.69) is 5.32 Å². The minimum Gasteiger partial charge on any atom is -0.350 e. The lowest BCUT2D eigenvalue weighted by molar-refractivity contribution is 0.0937. The van der Waals surface area contributed by atoms with E-state index >= 15 is 0 Å². The average Bonchev–Trinajstić information content (AvgIpc) is 2.20. The van der Waals surface area contributed by atoms with E-state index in [1.54, 1.807) is 0 Å². The van der Waals surface area contributed by atoms with Gasteiger partial charge in [0.15, 0.2) is 0 Å². The van der Waals surface area contributed by atoms with Gasteiger partial charge in [-0.15, -0.1) is 0 Å². The molecule has 0 aliphatic rings. The van der Waals surface area contributed by atoms with Gasteiger partial charge in [0.05, 0.1) is 0 Å². The molecule has 3 nitrogen and oxygen atoms in total. The number of hydrogen-bond donors (Lipinski definition) is 2. The van der Waals surface area contributed by atoms with E-state index in [1.807, 2.05) is 45.9 Å². The smallest absolute Gasteiger partial charge is 0.251 e. The van der Waals surface area contributed by atoms with E-state index < -0.39 is 0 Å². The van der Waals surface area contributed by atoms with Gasteiger partial charge in [0.1, 0.15) is 0 Å². The molecule has 2 atom stereocenters. The molecular formula is C14H22N2O. The third kappa shape index (κ3) is 3.86. The maximum atomic E-state index is 12.1. The van der Waals surface area contributed by atoms with Crippen LogP contribution in [0.25, 0.3) is 0 Å². The highest BCUT2D eigenvalue weighted by Gasteiger charge is 2.13. The summed E-state index contributed by atoms with van der Waals surface area (Å²) >= 11 is 0. The van der Waals surface area contributed by atoms with E-state index in [-0.39, 0.29) is 18.0 Å². The molecule has 2 unspecified atom stereocenters. The first kappa shape index (κ1) is 13.7. The minimum atomic E-state index is -0.0145. The van der Waals surface area contributed by atoms with Crippen molar-refractivity contribution in [2.75, 3.05) is 0 Å². The zero-order valence-corrected chi connectivity index (χ0v) is 11.1. The molecule has 0 aromatic heterocycles. The summed E-state index contributed by atoms with van der Waals surface area (Å²) < 4.78 is 0. The summed E-state index contributed by atoms with van der Waals surface area (Å²) in [6.45, 7) is 7.91. The van der Waals surface area contributed by atoms with Crippen LogP contribution in [0.3, 0.4) is 0 Å². The Hall–Kier alpha value is -1.35. The second-order valence-electron chi connectivity index (χ2n) is 4.83. The van der Waals surface area contributed by atoms with Crippen molar-refractivity contribution in [3.05, 3.63) is 34.9 Å². The van der Waals surface area contributed by atoms with E-state index in [4.69, 9.17) is 5.73 Å². The lowest BCUT2D eigenvalue weighted by Crippen LogP contribution is -2.36. The fourth-order valence-electron chi connectivity index (χ4n) is 1.92. The van der Waals surface area contributed by atoms with Gasteiger partial charge in [-0.3, -0.25) is 4.79 Å². The molecule has 3 heteroatoms. The summed E-state index contributed by atoms with van der Waals surface area (Å²) in [7, 11) is 0. The van der Waals surface area contributed by atoms with Crippen LogP contribution >= 0.6 is 0 Å². The van der Waals surface area contributed by atoms with E-state index in [0.717, 1.165) is 23.1 Å². The maximum Gasteiger partial charge on any atom is 0.251 e. The van der Waals surface area contributed by atoms with E-state index in [9.17, 15) is 4.79 Å². The predicted molar refractivity (Wildman–Crippen MR) is 71.1 cm³/mol. The van der Waals surface area contributed by atoms with Crippen molar-refractivity contribution in [3.8, 4) is 0 Å². The van der Waals surface area contributed by atoms with Gasteiger partial charge < -0.3 is 11.1 Å². The molecule has 0 fully saturated rings. The van der Waals surface area contributed by atoms with Crippen LogP contribution in [-0.2, 0) is 0 Å². The number of carbonyl (C=O) groups excluding carboxylic acids is 1. The van der Waals surface area contributed by atoms with Crippen molar-refractivity contribution in [3.63, 3.8) is 0 Å². The molecule has 0 bridgehead atoms. The SMILES string of the molecule is Cc1cccc(C(=O)NC(C)CC(C)N)c1C. The molecule has 0 saturated carbocycles. The lowest BCUT2D eigenvalue weighted by Gasteiger charge is -2.17. The molecule has 0 saturated heterocycles. The van der Waals surface area contributed by atoms with Gasteiger partial charge in [0.2, 0.25) is 0 Å². The molecule has 1 aromatic rings. The minimum absolute atomic E-state index is 0.0145. The van der Waals surface area contributed by atoms with Gasteiger partial charge in [0, 0.05) is 17.6 Å². The van der Waals surface area contributed by atoms with Crippen molar-refractivity contribution in [2.24, 2.45) is 5.73 Å². The Bertz CT molecular complexity index is 399. The van der Waals surface area contributed by atoms with Crippen LogP contribution in [-0.4, -0.2) is 18.0 Å². The first-order valence-corrected chi connectivity index (χ1v) is 6.04. The van der Waals surface area contributed by atoms with Crippen molar-refractivity contribution in [2.45, 2.75) is 46.2 Å². The van der Waals surface area contributed by atoms with Gasteiger partial charge >= 0.3 is 0 Å². The summed E-state index contributed by atoms with van der Waals surface area (Å²) in [6, 6.07) is 5.98. The van der Waals surface area contributed by atoms with Crippen LogP contribution in [0.15, 0.2) is 18.2 Å². The lowest BCUT2D eigenvalue weighted by atomic mass is 10.0. The summed E-state index contributed by atoms with van der Waals surface area (Å²) in [5, 5.41) is 2.98. The normalized spacial score (nSPS) is 14.2.